The Bertz CT molecular complexity index is 1080. The van der Waals surface area contributed by atoms with E-state index in [1.54, 1.807) is 30.5 Å². The van der Waals surface area contributed by atoms with Crippen LogP contribution in [0.5, 0.6) is 11.5 Å². The van der Waals surface area contributed by atoms with Gasteiger partial charge < -0.3 is 10.1 Å². The van der Waals surface area contributed by atoms with Crippen LogP contribution < -0.4 is 10.1 Å². The molecule has 7 heteroatoms. The summed E-state index contributed by atoms with van der Waals surface area (Å²) in [6, 6.07) is 25.0. The molecule has 0 aliphatic heterocycles. The van der Waals surface area contributed by atoms with E-state index in [0.29, 0.717) is 28.6 Å². The first-order valence-electron chi connectivity index (χ1n) is 9.99. The van der Waals surface area contributed by atoms with Crippen LogP contribution in [0.4, 0.5) is 0 Å². The average Bonchev–Trinajstić information content (AvgIpc) is 2.84. The van der Waals surface area contributed by atoms with Gasteiger partial charge in [0.15, 0.2) is 6.19 Å². The number of nitrogens with zero attached hydrogens (tertiary/aromatic N) is 2. The SMILES string of the molecule is CN(C#N)C(=O)[C@H](CSCc1ccccc1)NC(=O)c1cccc(Oc2ccccc2)c1. The third-order valence-electron chi connectivity index (χ3n) is 4.56. The number of carbonyl (C=O) groups excluding carboxylic acids is 2. The molecule has 162 valence electrons. The van der Waals surface area contributed by atoms with Crippen LogP contribution in [0.3, 0.4) is 0 Å². The number of hydrogen-bond donors (Lipinski definition) is 1. The van der Waals surface area contributed by atoms with E-state index in [1.165, 1.54) is 18.8 Å². The number of rotatable bonds is 9. The molecular formula is C25H23N3O3S. The second-order valence-corrected chi connectivity index (χ2v) is 8.00. The Kier molecular flexibility index (Phi) is 8.29. The fourth-order valence-corrected chi connectivity index (χ4v) is 3.90. The fourth-order valence-electron chi connectivity index (χ4n) is 2.89. The molecule has 0 saturated carbocycles. The van der Waals surface area contributed by atoms with Crippen LogP contribution in [0.1, 0.15) is 15.9 Å². The van der Waals surface area contributed by atoms with Crippen LogP contribution >= 0.6 is 11.8 Å². The van der Waals surface area contributed by atoms with Crippen molar-refractivity contribution in [1.82, 2.24) is 10.2 Å². The van der Waals surface area contributed by atoms with E-state index in [9.17, 15) is 9.59 Å². The maximum atomic E-state index is 12.9. The molecule has 3 aromatic carbocycles. The molecule has 3 rings (SSSR count). The summed E-state index contributed by atoms with van der Waals surface area (Å²) in [5.74, 6) is 1.33. The molecule has 0 radical (unpaired) electrons. The first-order valence-corrected chi connectivity index (χ1v) is 11.1. The van der Waals surface area contributed by atoms with Gasteiger partial charge in [0.1, 0.15) is 17.5 Å². The van der Waals surface area contributed by atoms with Crippen LogP contribution in [0, 0.1) is 11.5 Å². The minimum absolute atomic E-state index is 0.339. The molecule has 3 aromatic rings. The van der Waals surface area contributed by atoms with E-state index in [4.69, 9.17) is 10.00 Å². The van der Waals surface area contributed by atoms with E-state index in [-0.39, 0.29) is 0 Å². The van der Waals surface area contributed by atoms with Gasteiger partial charge in [0.25, 0.3) is 11.8 Å². The van der Waals surface area contributed by atoms with Gasteiger partial charge in [-0.15, -0.1) is 0 Å². The highest BCUT2D eigenvalue weighted by molar-refractivity contribution is 7.98. The molecule has 0 unspecified atom stereocenters. The number of carbonyl (C=O) groups is 2. The number of benzene rings is 3. The zero-order valence-electron chi connectivity index (χ0n) is 17.6. The van der Waals surface area contributed by atoms with Gasteiger partial charge in [-0.25, -0.2) is 0 Å². The monoisotopic (exact) mass is 445 g/mol. The molecule has 2 amide bonds. The van der Waals surface area contributed by atoms with Crippen LogP contribution in [0.2, 0.25) is 0 Å². The number of ether oxygens (including phenoxy) is 1. The maximum Gasteiger partial charge on any atom is 0.258 e. The smallest absolute Gasteiger partial charge is 0.258 e. The second kappa shape index (κ2) is 11.6. The Balaban J connectivity index is 1.67. The topological polar surface area (TPSA) is 82.4 Å². The van der Waals surface area contributed by atoms with Crippen molar-refractivity contribution >= 4 is 23.6 Å². The van der Waals surface area contributed by atoms with Crippen molar-refractivity contribution in [3.63, 3.8) is 0 Å². The minimum Gasteiger partial charge on any atom is -0.457 e. The van der Waals surface area contributed by atoms with Crippen LogP contribution in [0.15, 0.2) is 84.9 Å². The molecule has 0 heterocycles. The molecule has 0 bridgehead atoms. The highest BCUT2D eigenvalue weighted by atomic mass is 32.2. The summed E-state index contributed by atoms with van der Waals surface area (Å²) in [5, 5.41) is 11.9. The quantitative estimate of drug-likeness (QED) is 0.389. The Morgan fingerprint density at radius 2 is 1.66 bits per heavy atom. The van der Waals surface area contributed by atoms with Crippen molar-refractivity contribution in [1.29, 1.82) is 5.26 Å². The summed E-state index contributed by atoms with van der Waals surface area (Å²) in [7, 11) is 1.39. The van der Waals surface area contributed by atoms with E-state index < -0.39 is 17.9 Å². The number of para-hydroxylation sites is 1. The van der Waals surface area contributed by atoms with Crippen molar-refractivity contribution in [2.24, 2.45) is 0 Å². The number of amides is 2. The Morgan fingerprint density at radius 3 is 2.34 bits per heavy atom. The number of nitrogens with one attached hydrogen (secondary N) is 1. The van der Waals surface area contributed by atoms with Gasteiger partial charge in [0, 0.05) is 24.1 Å². The molecule has 0 aromatic heterocycles. The van der Waals surface area contributed by atoms with Crippen LogP contribution in [0.25, 0.3) is 0 Å². The first-order chi connectivity index (χ1) is 15.6. The zero-order chi connectivity index (χ0) is 22.8. The van der Waals surface area contributed by atoms with E-state index in [2.05, 4.69) is 5.32 Å². The highest BCUT2D eigenvalue weighted by Gasteiger charge is 2.25. The van der Waals surface area contributed by atoms with Gasteiger partial charge in [-0.1, -0.05) is 54.6 Å². The zero-order valence-corrected chi connectivity index (χ0v) is 18.4. The molecule has 6 nitrogen and oxygen atoms in total. The number of hydrogen-bond acceptors (Lipinski definition) is 5. The Labute approximate surface area is 191 Å². The average molecular weight is 446 g/mol. The second-order valence-electron chi connectivity index (χ2n) is 6.97. The lowest BCUT2D eigenvalue weighted by atomic mass is 10.2. The molecule has 1 N–H and O–H groups in total. The summed E-state index contributed by atoms with van der Waals surface area (Å²) < 4.78 is 5.79. The summed E-state index contributed by atoms with van der Waals surface area (Å²) in [6.07, 6.45) is 1.81. The molecule has 0 saturated heterocycles. The summed E-state index contributed by atoms with van der Waals surface area (Å²) in [4.78, 5) is 26.5. The summed E-state index contributed by atoms with van der Waals surface area (Å²) >= 11 is 1.52. The number of likely N-dealkylation sites (N-methyl/N-ethyl adjacent to an activating group) is 1. The summed E-state index contributed by atoms with van der Waals surface area (Å²) in [6.45, 7) is 0. The lowest BCUT2D eigenvalue weighted by molar-refractivity contribution is -0.128. The van der Waals surface area contributed by atoms with Crippen molar-refractivity contribution in [2.75, 3.05) is 12.8 Å². The predicted molar refractivity (Wildman–Crippen MR) is 125 cm³/mol. The van der Waals surface area contributed by atoms with Crippen LogP contribution in [-0.4, -0.2) is 35.6 Å². The Hall–Kier alpha value is -3.76. The third-order valence-corrected chi connectivity index (χ3v) is 5.66. The standard InChI is InChI=1S/C25H23N3O3S/c1-28(18-26)25(30)23(17-32-16-19-9-4-2-5-10-19)27-24(29)20-11-8-14-22(15-20)31-21-12-6-3-7-13-21/h2-15,23H,16-17H2,1H3,(H,27,29)/t23-/m0/s1. The van der Waals surface area contributed by atoms with Crippen molar-refractivity contribution < 1.29 is 14.3 Å². The number of nitriles is 1. The normalized spacial score (nSPS) is 11.1. The van der Waals surface area contributed by atoms with Crippen molar-refractivity contribution in [3.05, 3.63) is 96.1 Å². The molecule has 0 aliphatic rings. The molecular weight excluding hydrogens is 422 g/mol. The fraction of sp³-hybridized carbons (Fsp3) is 0.160. The van der Waals surface area contributed by atoms with Gasteiger partial charge in [-0.3, -0.25) is 14.5 Å². The van der Waals surface area contributed by atoms with Gasteiger partial charge in [0.2, 0.25) is 0 Å². The number of thioether (sulfide) groups is 1. The molecule has 0 aliphatic carbocycles. The van der Waals surface area contributed by atoms with Gasteiger partial charge in [-0.2, -0.15) is 17.0 Å². The van der Waals surface area contributed by atoms with Gasteiger partial charge in [0.05, 0.1) is 0 Å². The van der Waals surface area contributed by atoms with Gasteiger partial charge in [-0.05, 0) is 35.9 Å². The molecule has 0 spiro atoms. The van der Waals surface area contributed by atoms with E-state index in [1.807, 2.05) is 60.7 Å². The molecule has 1 atom stereocenters. The summed E-state index contributed by atoms with van der Waals surface area (Å²) in [5.41, 5.74) is 1.48. The predicted octanol–water partition coefficient (Wildman–Crippen LogP) is 4.45. The van der Waals surface area contributed by atoms with E-state index >= 15 is 0 Å². The maximum absolute atomic E-state index is 12.9. The lowest BCUT2D eigenvalue weighted by Crippen LogP contribution is -2.47. The third kappa shape index (κ3) is 6.62. The van der Waals surface area contributed by atoms with Gasteiger partial charge >= 0.3 is 0 Å². The molecule has 0 fully saturated rings. The minimum atomic E-state index is -0.834. The Morgan fingerprint density at radius 1 is 1.00 bits per heavy atom. The molecule has 32 heavy (non-hydrogen) atoms. The largest absolute Gasteiger partial charge is 0.457 e. The highest BCUT2D eigenvalue weighted by Crippen LogP contribution is 2.22. The van der Waals surface area contributed by atoms with Crippen molar-refractivity contribution in [2.45, 2.75) is 11.8 Å². The van der Waals surface area contributed by atoms with Crippen LogP contribution in [-0.2, 0) is 10.5 Å². The van der Waals surface area contributed by atoms with E-state index in [0.717, 1.165) is 10.5 Å². The first kappa shape index (κ1) is 22.9. The lowest BCUT2D eigenvalue weighted by Gasteiger charge is -2.20. The van der Waals surface area contributed by atoms with Crippen molar-refractivity contribution in [3.8, 4) is 17.7 Å².